The van der Waals surface area contributed by atoms with Crippen LogP contribution in [0.1, 0.15) is 62.1 Å². The lowest BCUT2D eigenvalue weighted by Crippen LogP contribution is -2.38. The maximum absolute atomic E-state index is 11.9. The van der Waals surface area contributed by atoms with Crippen LogP contribution in [0.2, 0.25) is 0 Å². The van der Waals surface area contributed by atoms with Gasteiger partial charge in [-0.25, -0.2) is 5.48 Å². The van der Waals surface area contributed by atoms with E-state index in [-0.39, 0.29) is 5.91 Å². The highest BCUT2D eigenvalue weighted by molar-refractivity contribution is 5.74. The summed E-state index contributed by atoms with van der Waals surface area (Å²) in [5.74, 6) is 1.58. The molecule has 1 amide bonds. The molecule has 1 aliphatic heterocycles. The number of fused-ring (bicyclic) bond motifs is 1. The van der Waals surface area contributed by atoms with Crippen molar-refractivity contribution in [1.29, 1.82) is 0 Å². The van der Waals surface area contributed by atoms with Crippen LogP contribution in [-0.2, 0) is 29.2 Å². The smallest absolute Gasteiger partial charge is 0.243 e. The number of nitrogens with zero attached hydrogens (tertiary/aromatic N) is 1. The number of unbranched alkanes of at least 4 members (excludes halogenated alkanes) is 4. The Bertz CT molecular complexity index is 872. The van der Waals surface area contributed by atoms with E-state index < -0.39 is 0 Å². The van der Waals surface area contributed by atoms with Gasteiger partial charge in [0.15, 0.2) is 11.5 Å². The van der Waals surface area contributed by atoms with Gasteiger partial charge in [-0.05, 0) is 61.6 Å². The predicted molar refractivity (Wildman–Crippen MR) is 130 cm³/mol. The van der Waals surface area contributed by atoms with E-state index in [0.717, 1.165) is 55.8 Å². The molecule has 2 aromatic carbocycles. The summed E-state index contributed by atoms with van der Waals surface area (Å²) in [5.41, 5.74) is 6.29. The molecule has 2 aromatic rings. The molecule has 1 unspecified atom stereocenters. The molecule has 33 heavy (non-hydrogen) atoms. The van der Waals surface area contributed by atoms with Crippen LogP contribution in [0.3, 0.4) is 0 Å². The fourth-order valence-corrected chi connectivity index (χ4v) is 4.38. The van der Waals surface area contributed by atoms with Crippen molar-refractivity contribution >= 4 is 5.91 Å². The number of carbonyl (C=O) groups excluding carboxylic acids is 1. The number of hydrogen-bond donors (Lipinski definition) is 1. The van der Waals surface area contributed by atoms with E-state index in [1.807, 2.05) is 30.3 Å². The molecule has 1 heterocycles. The molecule has 0 radical (unpaired) electrons. The molecule has 6 heteroatoms. The van der Waals surface area contributed by atoms with E-state index >= 15 is 0 Å². The Morgan fingerprint density at radius 2 is 1.64 bits per heavy atom. The molecule has 180 valence electrons. The van der Waals surface area contributed by atoms with Crippen LogP contribution in [0, 0.1) is 0 Å². The van der Waals surface area contributed by atoms with Crippen molar-refractivity contribution in [3.8, 4) is 11.5 Å². The van der Waals surface area contributed by atoms with E-state index in [1.165, 1.54) is 24.0 Å². The number of methoxy groups -OCH3 is 2. The van der Waals surface area contributed by atoms with Gasteiger partial charge in [0.2, 0.25) is 5.91 Å². The zero-order chi connectivity index (χ0) is 23.5. The number of ether oxygens (including phenoxy) is 2. The van der Waals surface area contributed by atoms with Gasteiger partial charge in [-0.15, -0.1) is 0 Å². The number of amides is 1. The molecular formula is C27H38N2O4. The minimum atomic E-state index is -0.0428. The van der Waals surface area contributed by atoms with Crippen molar-refractivity contribution in [2.75, 3.05) is 20.8 Å². The van der Waals surface area contributed by atoms with Crippen molar-refractivity contribution in [2.45, 2.75) is 71.1 Å². The fraction of sp³-hybridized carbons (Fsp3) is 0.519. The van der Waals surface area contributed by atoms with E-state index in [1.54, 1.807) is 14.2 Å². The highest BCUT2D eigenvalue weighted by atomic mass is 16.6. The molecule has 0 bridgehead atoms. The number of hydrogen-bond acceptors (Lipinski definition) is 5. The molecule has 0 spiro atoms. The minimum Gasteiger partial charge on any atom is -0.493 e. The lowest BCUT2D eigenvalue weighted by Gasteiger charge is -2.35. The molecule has 1 aliphatic rings. The molecule has 1 atom stereocenters. The van der Waals surface area contributed by atoms with E-state index in [2.05, 4.69) is 29.4 Å². The quantitative estimate of drug-likeness (QED) is 0.339. The van der Waals surface area contributed by atoms with Gasteiger partial charge in [-0.3, -0.25) is 14.5 Å². The number of benzene rings is 2. The van der Waals surface area contributed by atoms with Gasteiger partial charge in [-0.2, -0.15) is 0 Å². The van der Waals surface area contributed by atoms with Gasteiger partial charge >= 0.3 is 0 Å². The standard InChI is InChI=1S/C27H38N2O4/c1-21-16-23-17-25(31-2)26(32-3)18-24(23)19-29(21)15-11-6-4-5-10-14-27(30)28-33-20-22-12-8-7-9-13-22/h7-9,12-13,17-18,21H,4-6,10-11,14-16,19-20H2,1-3H3,(H,28,30). The van der Waals surface area contributed by atoms with Crippen molar-refractivity contribution in [3.05, 3.63) is 59.2 Å². The van der Waals surface area contributed by atoms with Gasteiger partial charge in [0, 0.05) is 19.0 Å². The first-order chi connectivity index (χ1) is 16.1. The molecule has 0 saturated heterocycles. The highest BCUT2D eigenvalue weighted by Crippen LogP contribution is 2.34. The maximum atomic E-state index is 11.9. The van der Waals surface area contributed by atoms with Crippen molar-refractivity contribution < 1.29 is 19.1 Å². The Hall–Kier alpha value is -2.57. The van der Waals surface area contributed by atoms with E-state index in [4.69, 9.17) is 14.3 Å². The fourth-order valence-electron chi connectivity index (χ4n) is 4.38. The van der Waals surface area contributed by atoms with Gasteiger partial charge in [0.25, 0.3) is 0 Å². The molecule has 3 rings (SSSR count). The predicted octanol–water partition coefficient (Wildman–Crippen LogP) is 5.04. The molecule has 1 N–H and O–H groups in total. The molecule has 6 nitrogen and oxygen atoms in total. The molecule has 0 fully saturated rings. The van der Waals surface area contributed by atoms with Crippen LogP contribution >= 0.6 is 0 Å². The Morgan fingerprint density at radius 3 is 2.36 bits per heavy atom. The van der Waals surface area contributed by atoms with Crippen molar-refractivity contribution in [3.63, 3.8) is 0 Å². The van der Waals surface area contributed by atoms with Crippen LogP contribution in [0.4, 0.5) is 0 Å². The Balaban J connectivity index is 1.27. The Labute approximate surface area is 198 Å². The third-order valence-electron chi connectivity index (χ3n) is 6.33. The monoisotopic (exact) mass is 454 g/mol. The lowest BCUT2D eigenvalue weighted by molar-refractivity contribution is -0.134. The summed E-state index contributed by atoms with van der Waals surface area (Å²) in [7, 11) is 3.38. The molecule has 0 saturated carbocycles. The highest BCUT2D eigenvalue weighted by Gasteiger charge is 2.24. The van der Waals surface area contributed by atoms with Crippen LogP contribution in [0.15, 0.2) is 42.5 Å². The first kappa shape index (κ1) is 25.1. The van der Waals surface area contributed by atoms with Gasteiger partial charge in [0.1, 0.15) is 0 Å². The maximum Gasteiger partial charge on any atom is 0.243 e. The lowest BCUT2D eigenvalue weighted by atomic mass is 9.93. The third kappa shape index (κ3) is 7.76. The molecule has 0 aromatic heterocycles. The summed E-state index contributed by atoms with van der Waals surface area (Å²) < 4.78 is 10.9. The topological polar surface area (TPSA) is 60.0 Å². The van der Waals surface area contributed by atoms with Crippen LogP contribution in [0.25, 0.3) is 0 Å². The summed E-state index contributed by atoms with van der Waals surface area (Å²) in [4.78, 5) is 19.7. The summed E-state index contributed by atoms with van der Waals surface area (Å²) in [6.45, 7) is 4.76. The Morgan fingerprint density at radius 1 is 0.970 bits per heavy atom. The number of carbonyl (C=O) groups is 1. The average Bonchev–Trinajstić information content (AvgIpc) is 2.83. The number of rotatable bonds is 13. The summed E-state index contributed by atoms with van der Waals surface area (Å²) in [6.07, 6.45) is 7.05. The van der Waals surface area contributed by atoms with Crippen LogP contribution in [-0.4, -0.2) is 37.6 Å². The number of hydroxylamine groups is 1. The largest absolute Gasteiger partial charge is 0.493 e. The zero-order valence-electron chi connectivity index (χ0n) is 20.3. The third-order valence-corrected chi connectivity index (χ3v) is 6.33. The second-order valence-corrected chi connectivity index (χ2v) is 8.82. The minimum absolute atomic E-state index is 0.0428. The van der Waals surface area contributed by atoms with Crippen molar-refractivity contribution in [2.24, 2.45) is 0 Å². The van der Waals surface area contributed by atoms with Crippen LogP contribution in [0.5, 0.6) is 11.5 Å². The summed E-state index contributed by atoms with van der Waals surface area (Å²) >= 11 is 0. The molecule has 0 aliphatic carbocycles. The first-order valence-electron chi connectivity index (χ1n) is 12.0. The van der Waals surface area contributed by atoms with E-state index in [9.17, 15) is 4.79 Å². The zero-order valence-corrected chi connectivity index (χ0v) is 20.3. The van der Waals surface area contributed by atoms with Gasteiger partial charge in [0.05, 0.1) is 20.8 Å². The second-order valence-electron chi connectivity index (χ2n) is 8.82. The Kier molecular flexibility index (Phi) is 10.0. The second kappa shape index (κ2) is 13.2. The van der Waals surface area contributed by atoms with Crippen LogP contribution < -0.4 is 15.0 Å². The van der Waals surface area contributed by atoms with Crippen molar-refractivity contribution in [1.82, 2.24) is 10.4 Å². The summed E-state index contributed by atoms with van der Waals surface area (Å²) in [5, 5.41) is 0. The average molecular weight is 455 g/mol. The van der Waals surface area contributed by atoms with Gasteiger partial charge in [-0.1, -0.05) is 49.6 Å². The van der Waals surface area contributed by atoms with E-state index in [0.29, 0.717) is 19.1 Å². The normalized spacial score (nSPS) is 15.7. The summed E-state index contributed by atoms with van der Waals surface area (Å²) in [6, 6.07) is 14.6. The SMILES string of the molecule is COc1cc2c(cc1OC)CN(CCCCCCCC(=O)NOCc1ccccc1)C(C)C2. The first-order valence-corrected chi connectivity index (χ1v) is 12.0. The number of nitrogens with one attached hydrogen (secondary N) is 1. The molecular weight excluding hydrogens is 416 g/mol. The van der Waals surface area contributed by atoms with Gasteiger partial charge < -0.3 is 9.47 Å².